The van der Waals surface area contributed by atoms with Crippen molar-refractivity contribution in [3.63, 3.8) is 0 Å². The molecule has 7 nitrogen and oxygen atoms in total. The van der Waals surface area contributed by atoms with Gasteiger partial charge in [0.2, 0.25) is 0 Å². The van der Waals surface area contributed by atoms with Gasteiger partial charge in [-0.05, 0) is 43.4 Å². The van der Waals surface area contributed by atoms with Crippen molar-refractivity contribution >= 4 is 29.0 Å². The second kappa shape index (κ2) is 11.3. The van der Waals surface area contributed by atoms with E-state index in [4.69, 9.17) is 0 Å². The first kappa shape index (κ1) is 24.1. The van der Waals surface area contributed by atoms with Gasteiger partial charge in [-0.15, -0.1) is 0 Å². The van der Waals surface area contributed by atoms with Crippen LogP contribution in [-0.2, 0) is 0 Å². The summed E-state index contributed by atoms with van der Waals surface area (Å²) in [7, 11) is 3.64. The van der Waals surface area contributed by atoms with Gasteiger partial charge >= 0.3 is 6.03 Å². The Morgan fingerprint density at radius 3 is 2.29 bits per heavy atom. The highest BCUT2D eigenvalue weighted by Gasteiger charge is 2.15. The highest BCUT2D eigenvalue weighted by Crippen LogP contribution is 2.23. The van der Waals surface area contributed by atoms with E-state index >= 15 is 0 Å². The number of anilines is 3. The van der Waals surface area contributed by atoms with Crippen molar-refractivity contribution in [2.45, 2.75) is 13.8 Å². The third kappa shape index (κ3) is 6.92. The summed E-state index contributed by atoms with van der Waals surface area (Å²) in [4.78, 5) is 29.0. The zero-order chi connectivity index (χ0) is 23.0. The Kier molecular flexibility index (Phi) is 8.75. The van der Waals surface area contributed by atoms with Gasteiger partial charge in [-0.25, -0.2) is 13.6 Å². The van der Waals surface area contributed by atoms with Crippen molar-refractivity contribution in [1.29, 1.82) is 0 Å². The lowest BCUT2D eigenvalue weighted by Gasteiger charge is -2.20. The number of benzene rings is 2. The first-order valence-electron chi connectivity index (χ1n) is 10.1. The average molecular weight is 434 g/mol. The third-order valence-electron chi connectivity index (χ3n) is 4.77. The van der Waals surface area contributed by atoms with Gasteiger partial charge in [-0.1, -0.05) is 13.8 Å². The van der Waals surface area contributed by atoms with Crippen molar-refractivity contribution in [2.75, 3.05) is 55.8 Å². The number of halogens is 2. The standard InChI is InChI=1S/C22H29F2N5O2/c1-5-29(6-2)12-11-25-21(30)17-14-16(8-10-20(17)28(3)4)26-22(31)27-19-9-7-15(23)13-18(19)24/h7-10,13-14H,5-6,11-12H2,1-4H3,(H,25,30)(H2,26,27,31). The molecule has 0 saturated heterocycles. The summed E-state index contributed by atoms with van der Waals surface area (Å²) < 4.78 is 26.8. The van der Waals surface area contributed by atoms with E-state index in [0.29, 0.717) is 29.5 Å². The van der Waals surface area contributed by atoms with Gasteiger partial charge in [0.1, 0.15) is 11.6 Å². The molecule has 168 valence electrons. The molecule has 0 aliphatic carbocycles. The molecule has 2 rings (SSSR count). The van der Waals surface area contributed by atoms with Gasteiger partial charge in [0.05, 0.1) is 11.3 Å². The molecule has 0 unspecified atom stereocenters. The largest absolute Gasteiger partial charge is 0.377 e. The summed E-state index contributed by atoms with van der Waals surface area (Å²) >= 11 is 0. The average Bonchev–Trinajstić information content (AvgIpc) is 2.73. The van der Waals surface area contributed by atoms with Crippen LogP contribution < -0.4 is 20.9 Å². The molecule has 0 spiro atoms. The minimum Gasteiger partial charge on any atom is -0.377 e. The van der Waals surface area contributed by atoms with E-state index in [1.807, 2.05) is 14.1 Å². The van der Waals surface area contributed by atoms with Crippen LogP contribution in [0.4, 0.5) is 30.6 Å². The number of amides is 3. The Hall–Kier alpha value is -3.20. The number of nitrogens with one attached hydrogen (secondary N) is 3. The minimum atomic E-state index is -0.883. The summed E-state index contributed by atoms with van der Waals surface area (Å²) in [6.07, 6.45) is 0. The van der Waals surface area contributed by atoms with Crippen molar-refractivity contribution in [3.8, 4) is 0 Å². The maximum absolute atomic E-state index is 13.7. The molecule has 0 fully saturated rings. The first-order chi connectivity index (χ1) is 14.7. The molecular weight excluding hydrogens is 404 g/mol. The molecular formula is C22H29F2N5O2. The topological polar surface area (TPSA) is 76.7 Å². The van der Waals surface area contributed by atoms with Crippen molar-refractivity contribution in [3.05, 3.63) is 53.6 Å². The molecule has 3 amide bonds. The molecule has 3 N–H and O–H groups in total. The van der Waals surface area contributed by atoms with E-state index in [0.717, 1.165) is 31.8 Å². The molecule has 9 heteroatoms. The zero-order valence-corrected chi connectivity index (χ0v) is 18.3. The molecule has 0 aliphatic rings. The van der Waals surface area contributed by atoms with E-state index in [1.54, 1.807) is 23.1 Å². The van der Waals surface area contributed by atoms with Crippen LogP contribution in [0, 0.1) is 11.6 Å². The SMILES string of the molecule is CCN(CC)CCNC(=O)c1cc(NC(=O)Nc2ccc(F)cc2F)ccc1N(C)C. The molecule has 0 heterocycles. The number of urea groups is 1. The number of carbonyl (C=O) groups excluding carboxylic acids is 2. The Bertz CT molecular complexity index is 917. The van der Waals surface area contributed by atoms with Gasteiger partial charge in [0.15, 0.2) is 0 Å². The molecule has 2 aromatic carbocycles. The van der Waals surface area contributed by atoms with Crippen molar-refractivity contribution in [1.82, 2.24) is 10.2 Å². The van der Waals surface area contributed by atoms with Crippen LogP contribution in [0.3, 0.4) is 0 Å². The number of nitrogens with zero attached hydrogens (tertiary/aromatic N) is 2. The Balaban J connectivity index is 2.11. The van der Waals surface area contributed by atoms with E-state index in [2.05, 4.69) is 34.7 Å². The van der Waals surface area contributed by atoms with E-state index < -0.39 is 17.7 Å². The van der Waals surface area contributed by atoms with Gasteiger partial charge in [0.25, 0.3) is 5.91 Å². The van der Waals surface area contributed by atoms with Crippen LogP contribution in [0.2, 0.25) is 0 Å². The van der Waals surface area contributed by atoms with Gasteiger partial charge in [-0.2, -0.15) is 0 Å². The normalized spacial score (nSPS) is 10.7. The summed E-state index contributed by atoms with van der Waals surface area (Å²) in [6, 6.07) is 7.07. The summed E-state index contributed by atoms with van der Waals surface area (Å²) in [6.45, 7) is 7.16. The van der Waals surface area contributed by atoms with E-state index in [-0.39, 0.29) is 11.6 Å². The molecule has 2 aromatic rings. The Labute approximate surface area is 181 Å². The van der Waals surface area contributed by atoms with Gasteiger partial charge in [0, 0.05) is 44.6 Å². The Morgan fingerprint density at radius 2 is 1.68 bits per heavy atom. The summed E-state index contributed by atoms with van der Waals surface area (Å²) in [5.41, 5.74) is 1.30. The van der Waals surface area contributed by atoms with E-state index in [1.165, 1.54) is 0 Å². The minimum absolute atomic E-state index is 0.154. The number of likely N-dealkylation sites (N-methyl/N-ethyl adjacent to an activating group) is 1. The van der Waals surface area contributed by atoms with Crippen LogP contribution in [-0.4, -0.2) is 57.1 Å². The highest BCUT2D eigenvalue weighted by atomic mass is 19.1. The highest BCUT2D eigenvalue weighted by molar-refractivity contribution is 6.04. The second-order valence-electron chi connectivity index (χ2n) is 7.11. The molecule has 31 heavy (non-hydrogen) atoms. The molecule has 0 bridgehead atoms. The van der Waals surface area contributed by atoms with Crippen LogP contribution in [0.15, 0.2) is 36.4 Å². The van der Waals surface area contributed by atoms with Crippen LogP contribution in [0.25, 0.3) is 0 Å². The zero-order valence-electron chi connectivity index (χ0n) is 18.3. The van der Waals surface area contributed by atoms with Crippen LogP contribution in [0.5, 0.6) is 0 Å². The van der Waals surface area contributed by atoms with Crippen LogP contribution in [0.1, 0.15) is 24.2 Å². The monoisotopic (exact) mass is 433 g/mol. The molecule has 0 radical (unpaired) electrons. The molecule has 0 atom stereocenters. The summed E-state index contributed by atoms with van der Waals surface area (Å²) in [5.74, 6) is -1.88. The third-order valence-corrected chi connectivity index (χ3v) is 4.77. The molecule has 0 aliphatic heterocycles. The van der Waals surface area contributed by atoms with Gasteiger partial charge < -0.3 is 25.8 Å². The van der Waals surface area contributed by atoms with Crippen molar-refractivity contribution in [2.24, 2.45) is 0 Å². The predicted octanol–water partition coefficient (Wildman–Crippen LogP) is 3.75. The maximum Gasteiger partial charge on any atom is 0.323 e. The lowest BCUT2D eigenvalue weighted by Crippen LogP contribution is -2.35. The maximum atomic E-state index is 13.7. The molecule has 0 saturated carbocycles. The Morgan fingerprint density at radius 1 is 0.968 bits per heavy atom. The first-order valence-corrected chi connectivity index (χ1v) is 10.1. The number of rotatable bonds is 9. The fraction of sp³-hybridized carbons (Fsp3) is 0.364. The smallest absolute Gasteiger partial charge is 0.323 e. The lowest BCUT2D eigenvalue weighted by atomic mass is 10.1. The van der Waals surface area contributed by atoms with Crippen LogP contribution >= 0.6 is 0 Å². The fourth-order valence-electron chi connectivity index (χ4n) is 3.02. The fourth-order valence-corrected chi connectivity index (χ4v) is 3.02. The number of hydrogen-bond donors (Lipinski definition) is 3. The second-order valence-corrected chi connectivity index (χ2v) is 7.11. The predicted molar refractivity (Wildman–Crippen MR) is 120 cm³/mol. The number of carbonyl (C=O) groups is 2. The molecule has 0 aromatic heterocycles. The van der Waals surface area contributed by atoms with Gasteiger partial charge in [-0.3, -0.25) is 4.79 Å². The van der Waals surface area contributed by atoms with Crippen molar-refractivity contribution < 1.29 is 18.4 Å². The number of hydrogen-bond acceptors (Lipinski definition) is 4. The summed E-state index contributed by atoms with van der Waals surface area (Å²) in [5, 5.41) is 7.80. The van der Waals surface area contributed by atoms with E-state index in [9.17, 15) is 18.4 Å². The quantitative estimate of drug-likeness (QED) is 0.563. The lowest BCUT2D eigenvalue weighted by molar-refractivity contribution is 0.0949.